The van der Waals surface area contributed by atoms with Gasteiger partial charge in [-0.3, -0.25) is 24.0 Å². The summed E-state index contributed by atoms with van der Waals surface area (Å²) in [5, 5.41) is 1.21. The molecule has 1 fully saturated rings. The molecular formula is C26H36N6O4. The van der Waals surface area contributed by atoms with Crippen LogP contribution in [0.4, 0.5) is 11.5 Å². The van der Waals surface area contributed by atoms with Crippen LogP contribution in [0, 0.1) is 5.92 Å². The van der Waals surface area contributed by atoms with E-state index in [1.807, 2.05) is 26.0 Å². The number of aromatic amines is 2. The summed E-state index contributed by atoms with van der Waals surface area (Å²) in [6.45, 7) is 6.32. The van der Waals surface area contributed by atoms with Crippen LogP contribution in [0.3, 0.4) is 0 Å². The van der Waals surface area contributed by atoms with Crippen molar-refractivity contribution in [1.82, 2.24) is 19.4 Å². The number of para-hydroxylation sites is 1. The Bertz CT molecular complexity index is 1280. The molecule has 3 aromatic rings. The van der Waals surface area contributed by atoms with Gasteiger partial charge in [0.2, 0.25) is 5.91 Å². The number of likely N-dealkylation sites (tertiary alicyclic amines) is 1. The van der Waals surface area contributed by atoms with Crippen molar-refractivity contribution in [2.45, 2.75) is 39.2 Å². The van der Waals surface area contributed by atoms with Crippen molar-refractivity contribution in [3.8, 4) is 0 Å². The molecule has 2 aromatic heterocycles. The summed E-state index contributed by atoms with van der Waals surface area (Å²) in [7, 11) is 1.53. The lowest BCUT2D eigenvalue weighted by Gasteiger charge is -2.33. The van der Waals surface area contributed by atoms with E-state index in [0.717, 1.165) is 31.4 Å². The van der Waals surface area contributed by atoms with Crippen LogP contribution in [-0.2, 0) is 16.1 Å². The third-order valence-electron chi connectivity index (χ3n) is 6.79. The first kappa shape index (κ1) is 25.7. The van der Waals surface area contributed by atoms with Gasteiger partial charge in [0.05, 0.1) is 13.2 Å². The lowest BCUT2D eigenvalue weighted by molar-refractivity contribution is -0.120. The van der Waals surface area contributed by atoms with Crippen molar-refractivity contribution in [1.29, 1.82) is 0 Å². The standard InChI is InChI=1S/C26H36N6O4/c1-17(2)15-32-24(27)23(25(34)29-26(32)35)31(12-13-36-3)22(33)16-30-10-8-18(9-11-30)21-14-19-6-4-5-7-20(19)28-21/h4-7,14,17-18,28H,8-13,15-16,27H2,1-3H3,(H,29,34,35). The Hall–Kier alpha value is -3.37. The van der Waals surface area contributed by atoms with Crippen LogP contribution in [0.15, 0.2) is 39.9 Å². The number of piperidine rings is 1. The normalized spacial score (nSPS) is 15.1. The number of carbonyl (C=O) groups excluding carboxylic acids is 1. The number of carbonyl (C=O) groups is 1. The molecule has 0 unspecified atom stereocenters. The van der Waals surface area contributed by atoms with E-state index in [9.17, 15) is 14.4 Å². The third kappa shape index (κ3) is 5.55. The summed E-state index contributed by atoms with van der Waals surface area (Å²) in [6.07, 6.45) is 1.86. The number of methoxy groups -OCH3 is 1. The molecule has 0 atom stereocenters. The quantitative estimate of drug-likeness (QED) is 0.416. The molecule has 10 nitrogen and oxygen atoms in total. The van der Waals surface area contributed by atoms with Crippen LogP contribution in [0.25, 0.3) is 10.9 Å². The van der Waals surface area contributed by atoms with E-state index in [1.165, 1.54) is 27.7 Å². The number of nitrogens with zero attached hydrogens (tertiary/aromatic N) is 3. The minimum Gasteiger partial charge on any atom is -0.383 e. The number of benzene rings is 1. The van der Waals surface area contributed by atoms with Crippen molar-refractivity contribution in [2.75, 3.05) is 50.5 Å². The maximum Gasteiger partial charge on any atom is 0.330 e. The van der Waals surface area contributed by atoms with Gasteiger partial charge in [0.1, 0.15) is 5.82 Å². The molecular weight excluding hydrogens is 460 g/mol. The molecule has 3 heterocycles. The van der Waals surface area contributed by atoms with Crippen molar-refractivity contribution < 1.29 is 9.53 Å². The van der Waals surface area contributed by atoms with E-state index in [1.54, 1.807) is 0 Å². The molecule has 10 heteroatoms. The number of H-pyrrole nitrogens is 2. The zero-order valence-corrected chi connectivity index (χ0v) is 21.3. The van der Waals surface area contributed by atoms with Crippen molar-refractivity contribution in [3.05, 3.63) is 56.9 Å². The smallest absolute Gasteiger partial charge is 0.330 e. The molecule has 1 saturated heterocycles. The minimum absolute atomic E-state index is 0.000535. The Balaban J connectivity index is 1.48. The average molecular weight is 497 g/mol. The van der Waals surface area contributed by atoms with Gasteiger partial charge in [0.15, 0.2) is 5.69 Å². The Morgan fingerprint density at radius 2 is 1.92 bits per heavy atom. The molecule has 4 N–H and O–H groups in total. The lowest BCUT2D eigenvalue weighted by atomic mass is 9.93. The number of fused-ring (bicyclic) bond motifs is 1. The number of hydrogen-bond acceptors (Lipinski definition) is 6. The summed E-state index contributed by atoms with van der Waals surface area (Å²) in [5.41, 5.74) is 7.42. The highest BCUT2D eigenvalue weighted by atomic mass is 16.5. The zero-order valence-electron chi connectivity index (χ0n) is 21.3. The van der Waals surface area contributed by atoms with Crippen molar-refractivity contribution in [2.24, 2.45) is 5.92 Å². The summed E-state index contributed by atoms with van der Waals surface area (Å²) in [5.74, 6) is 0.291. The number of nitrogen functional groups attached to an aromatic ring is 1. The maximum absolute atomic E-state index is 13.4. The van der Waals surface area contributed by atoms with Gasteiger partial charge in [-0.15, -0.1) is 0 Å². The lowest BCUT2D eigenvalue weighted by Crippen LogP contribution is -2.47. The fourth-order valence-electron chi connectivity index (χ4n) is 4.92. The molecule has 194 valence electrons. The second-order valence-corrected chi connectivity index (χ2v) is 9.90. The monoisotopic (exact) mass is 496 g/mol. The average Bonchev–Trinajstić information content (AvgIpc) is 3.28. The van der Waals surface area contributed by atoms with E-state index in [-0.39, 0.29) is 43.0 Å². The molecule has 0 spiro atoms. The third-order valence-corrected chi connectivity index (χ3v) is 6.79. The molecule has 1 aliphatic heterocycles. The Morgan fingerprint density at radius 3 is 2.58 bits per heavy atom. The topological polar surface area (TPSA) is 129 Å². The Labute approximate surface area is 210 Å². The van der Waals surface area contributed by atoms with Gasteiger partial charge in [-0.2, -0.15) is 0 Å². The van der Waals surface area contributed by atoms with Crippen LogP contribution in [0.5, 0.6) is 0 Å². The highest BCUT2D eigenvalue weighted by molar-refractivity contribution is 5.96. The summed E-state index contributed by atoms with van der Waals surface area (Å²) in [4.78, 5) is 47.9. The summed E-state index contributed by atoms with van der Waals surface area (Å²) < 4.78 is 6.51. The van der Waals surface area contributed by atoms with E-state index in [0.29, 0.717) is 12.5 Å². The molecule has 1 aliphatic rings. The first-order valence-corrected chi connectivity index (χ1v) is 12.5. The van der Waals surface area contributed by atoms with Gasteiger partial charge < -0.3 is 20.4 Å². The van der Waals surface area contributed by atoms with E-state index >= 15 is 0 Å². The van der Waals surface area contributed by atoms with Crippen LogP contribution >= 0.6 is 0 Å². The first-order valence-electron chi connectivity index (χ1n) is 12.5. The number of hydrogen-bond donors (Lipinski definition) is 3. The van der Waals surface area contributed by atoms with Gasteiger partial charge in [-0.25, -0.2) is 4.79 Å². The predicted molar refractivity (Wildman–Crippen MR) is 142 cm³/mol. The van der Waals surface area contributed by atoms with Crippen LogP contribution in [0.1, 0.15) is 38.3 Å². The van der Waals surface area contributed by atoms with Gasteiger partial charge in [-0.05, 0) is 49.4 Å². The number of amides is 1. The molecule has 4 rings (SSSR count). The number of anilines is 2. The highest BCUT2D eigenvalue weighted by Gasteiger charge is 2.28. The van der Waals surface area contributed by atoms with E-state index in [4.69, 9.17) is 10.5 Å². The second kappa shape index (κ2) is 11.1. The molecule has 0 aliphatic carbocycles. The number of nitrogens with one attached hydrogen (secondary N) is 2. The van der Waals surface area contributed by atoms with Crippen molar-refractivity contribution >= 4 is 28.3 Å². The Morgan fingerprint density at radius 1 is 1.19 bits per heavy atom. The summed E-state index contributed by atoms with van der Waals surface area (Å²) in [6, 6.07) is 10.5. The van der Waals surface area contributed by atoms with Gasteiger partial charge >= 0.3 is 5.69 Å². The molecule has 1 amide bonds. The number of aromatic nitrogens is 3. The number of nitrogens with two attached hydrogens (primary N) is 1. The Kier molecular flexibility index (Phi) is 7.95. The predicted octanol–water partition coefficient (Wildman–Crippen LogP) is 2.12. The molecule has 36 heavy (non-hydrogen) atoms. The van der Waals surface area contributed by atoms with E-state index in [2.05, 4.69) is 33.1 Å². The second-order valence-electron chi connectivity index (χ2n) is 9.90. The molecule has 1 aromatic carbocycles. The fraction of sp³-hybridized carbons (Fsp3) is 0.500. The van der Waals surface area contributed by atoms with Crippen molar-refractivity contribution in [3.63, 3.8) is 0 Å². The SMILES string of the molecule is COCCN(C(=O)CN1CCC(c2cc3ccccc3[nH]2)CC1)c1c(N)n(CC(C)C)c(=O)[nH]c1=O. The van der Waals surface area contributed by atoms with Crippen LogP contribution in [-0.4, -0.2) is 65.2 Å². The van der Waals surface area contributed by atoms with Crippen LogP contribution < -0.4 is 21.9 Å². The van der Waals surface area contributed by atoms with Crippen LogP contribution in [0.2, 0.25) is 0 Å². The number of ether oxygens (including phenoxy) is 1. The highest BCUT2D eigenvalue weighted by Crippen LogP contribution is 2.30. The molecule has 0 bridgehead atoms. The van der Waals surface area contributed by atoms with Gasteiger partial charge in [-0.1, -0.05) is 32.0 Å². The largest absolute Gasteiger partial charge is 0.383 e. The summed E-state index contributed by atoms with van der Waals surface area (Å²) >= 11 is 0. The number of rotatable bonds is 9. The molecule has 0 saturated carbocycles. The fourth-order valence-corrected chi connectivity index (χ4v) is 4.92. The van der Waals surface area contributed by atoms with Gasteiger partial charge in [0.25, 0.3) is 5.56 Å². The zero-order chi connectivity index (χ0) is 25.8. The molecule has 0 radical (unpaired) electrons. The van der Waals surface area contributed by atoms with E-state index < -0.39 is 11.2 Å². The minimum atomic E-state index is -0.667. The first-order chi connectivity index (χ1) is 17.3. The maximum atomic E-state index is 13.4. The van der Waals surface area contributed by atoms with Gasteiger partial charge in [0, 0.05) is 37.3 Å².